The van der Waals surface area contributed by atoms with Gasteiger partial charge in [-0.2, -0.15) is 0 Å². The molecule has 15 heavy (non-hydrogen) atoms. The highest BCUT2D eigenvalue weighted by Crippen LogP contribution is 2.18. The molecule has 1 aromatic rings. The van der Waals surface area contributed by atoms with Gasteiger partial charge < -0.3 is 10.2 Å². The van der Waals surface area contributed by atoms with Gasteiger partial charge in [-0.3, -0.25) is 0 Å². The fraction of sp³-hybridized carbons (Fsp3) is 0.222. The number of carbonyl (C=O) groups is 2. The monoisotopic (exact) mass is 229 g/mol. The Morgan fingerprint density at radius 1 is 1.33 bits per heavy atom. The topological polar surface area (TPSA) is 87.5 Å². The lowest BCUT2D eigenvalue weighted by molar-refractivity contribution is 0.0695. The van der Waals surface area contributed by atoms with Gasteiger partial charge in [-0.05, 0) is 12.5 Å². The summed E-state index contributed by atoms with van der Waals surface area (Å²) in [6.45, 7) is 1.71. The van der Waals surface area contributed by atoms with Crippen LogP contribution in [0.2, 0.25) is 5.15 Å². The van der Waals surface area contributed by atoms with Gasteiger partial charge in [0, 0.05) is 0 Å². The smallest absolute Gasteiger partial charge is 0.338 e. The lowest BCUT2D eigenvalue weighted by atomic mass is 10.1. The minimum atomic E-state index is -1.29. The SMILES string of the molecule is CCc1nc(Cl)c(C(=O)O)cc1C(=O)O. The lowest BCUT2D eigenvalue weighted by Gasteiger charge is -2.05. The fourth-order valence-corrected chi connectivity index (χ4v) is 1.37. The average molecular weight is 230 g/mol. The summed E-state index contributed by atoms with van der Waals surface area (Å²) >= 11 is 5.59. The van der Waals surface area contributed by atoms with E-state index in [4.69, 9.17) is 21.8 Å². The Labute approximate surface area is 90.3 Å². The number of halogens is 1. The molecule has 0 bridgehead atoms. The zero-order chi connectivity index (χ0) is 11.6. The number of hydrogen-bond acceptors (Lipinski definition) is 3. The molecule has 0 aromatic carbocycles. The molecule has 0 saturated heterocycles. The molecule has 0 unspecified atom stereocenters. The summed E-state index contributed by atoms with van der Waals surface area (Å²) in [7, 11) is 0. The summed E-state index contributed by atoms with van der Waals surface area (Å²) in [5.41, 5.74) is -0.150. The number of hydrogen-bond donors (Lipinski definition) is 2. The molecule has 1 rings (SSSR count). The quantitative estimate of drug-likeness (QED) is 0.770. The normalized spacial score (nSPS) is 10.0. The maximum atomic E-state index is 10.8. The van der Waals surface area contributed by atoms with E-state index in [1.54, 1.807) is 6.92 Å². The van der Waals surface area contributed by atoms with Crippen LogP contribution in [-0.4, -0.2) is 27.1 Å². The van der Waals surface area contributed by atoms with Crippen molar-refractivity contribution in [3.63, 3.8) is 0 Å². The first-order valence-electron chi connectivity index (χ1n) is 4.13. The van der Waals surface area contributed by atoms with E-state index in [0.29, 0.717) is 6.42 Å². The number of aromatic nitrogens is 1. The van der Waals surface area contributed by atoms with Crippen LogP contribution in [0.4, 0.5) is 0 Å². The van der Waals surface area contributed by atoms with Crippen LogP contribution in [-0.2, 0) is 6.42 Å². The predicted octanol–water partition coefficient (Wildman–Crippen LogP) is 1.69. The first-order chi connectivity index (χ1) is 6.97. The molecule has 0 aliphatic heterocycles. The summed E-state index contributed by atoms with van der Waals surface area (Å²) in [5.74, 6) is -2.50. The Morgan fingerprint density at radius 3 is 2.27 bits per heavy atom. The number of carboxylic acid groups (broad SMARTS) is 2. The van der Waals surface area contributed by atoms with Crippen molar-refractivity contribution >= 4 is 23.5 Å². The second-order valence-electron chi connectivity index (χ2n) is 2.78. The van der Waals surface area contributed by atoms with Gasteiger partial charge in [0.05, 0.1) is 16.8 Å². The van der Waals surface area contributed by atoms with E-state index in [9.17, 15) is 9.59 Å². The number of aryl methyl sites for hydroxylation is 1. The molecule has 0 fully saturated rings. The van der Waals surface area contributed by atoms with Crippen LogP contribution in [0.5, 0.6) is 0 Å². The molecule has 0 amide bonds. The molecule has 0 aliphatic rings. The summed E-state index contributed by atoms with van der Waals surface area (Å²) in [6.07, 6.45) is 0.376. The van der Waals surface area contributed by atoms with Gasteiger partial charge in [0.2, 0.25) is 0 Å². The van der Waals surface area contributed by atoms with E-state index < -0.39 is 11.9 Å². The standard InChI is InChI=1S/C9H8ClNO4/c1-2-6-4(8(12)13)3-5(9(14)15)7(10)11-6/h3H,2H2,1H3,(H,12,13)(H,14,15). The van der Waals surface area contributed by atoms with Crippen LogP contribution in [0.1, 0.15) is 33.3 Å². The van der Waals surface area contributed by atoms with Gasteiger partial charge in [0.1, 0.15) is 5.15 Å². The van der Waals surface area contributed by atoms with E-state index in [-0.39, 0.29) is 22.0 Å². The van der Waals surface area contributed by atoms with Crippen LogP contribution in [0.3, 0.4) is 0 Å². The van der Waals surface area contributed by atoms with Crippen LogP contribution in [0.15, 0.2) is 6.07 Å². The van der Waals surface area contributed by atoms with Crippen molar-refractivity contribution in [1.82, 2.24) is 4.98 Å². The van der Waals surface area contributed by atoms with Crippen molar-refractivity contribution in [3.8, 4) is 0 Å². The summed E-state index contributed by atoms with van der Waals surface area (Å²) in [4.78, 5) is 25.2. The molecule has 0 atom stereocenters. The molecular weight excluding hydrogens is 222 g/mol. The zero-order valence-electron chi connectivity index (χ0n) is 7.82. The zero-order valence-corrected chi connectivity index (χ0v) is 8.58. The van der Waals surface area contributed by atoms with Crippen molar-refractivity contribution in [2.45, 2.75) is 13.3 Å². The molecule has 1 heterocycles. The van der Waals surface area contributed by atoms with Crippen molar-refractivity contribution in [1.29, 1.82) is 0 Å². The lowest BCUT2D eigenvalue weighted by Crippen LogP contribution is -2.09. The summed E-state index contributed by atoms with van der Waals surface area (Å²) < 4.78 is 0. The molecule has 6 heteroatoms. The Balaban J connectivity index is 3.43. The van der Waals surface area contributed by atoms with E-state index in [2.05, 4.69) is 4.98 Å². The van der Waals surface area contributed by atoms with Crippen molar-refractivity contribution < 1.29 is 19.8 Å². The summed E-state index contributed by atoms with van der Waals surface area (Å²) in [5, 5.41) is 17.3. The van der Waals surface area contributed by atoms with Crippen LogP contribution < -0.4 is 0 Å². The number of pyridine rings is 1. The molecule has 1 aromatic heterocycles. The minimum absolute atomic E-state index is 0.126. The first-order valence-corrected chi connectivity index (χ1v) is 4.51. The largest absolute Gasteiger partial charge is 0.478 e. The molecule has 5 nitrogen and oxygen atoms in total. The van der Waals surface area contributed by atoms with Gasteiger partial charge >= 0.3 is 11.9 Å². The van der Waals surface area contributed by atoms with Crippen molar-refractivity contribution in [2.24, 2.45) is 0 Å². The van der Waals surface area contributed by atoms with Crippen LogP contribution >= 0.6 is 11.6 Å². The van der Waals surface area contributed by atoms with Gasteiger partial charge in [-0.25, -0.2) is 14.6 Å². The highest BCUT2D eigenvalue weighted by Gasteiger charge is 2.18. The maximum Gasteiger partial charge on any atom is 0.338 e. The number of aromatic carboxylic acids is 2. The van der Waals surface area contributed by atoms with E-state index in [0.717, 1.165) is 6.07 Å². The Morgan fingerprint density at radius 2 is 1.87 bits per heavy atom. The van der Waals surface area contributed by atoms with Crippen LogP contribution in [0.25, 0.3) is 0 Å². The maximum absolute atomic E-state index is 10.8. The number of rotatable bonds is 3. The van der Waals surface area contributed by atoms with Gasteiger partial charge in [0.15, 0.2) is 0 Å². The van der Waals surface area contributed by atoms with Crippen molar-refractivity contribution in [2.75, 3.05) is 0 Å². The van der Waals surface area contributed by atoms with Crippen LogP contribution in [0, 0.1) is 0 Å². The predicted molar refractivity (Wildman–Crippen MR) is 52.5 cm³/mol. The van der Waals surface area contributed by atoms with E-state index in [1.807, 2.05) is 0 Å². The second kappa shape index (κ2) is 4.27. The molecule has 80 valence electrons. The third-order valence-corrected chi connectivity index (χ3v) is 2.14. The average Bonchev–Trinajstić information content (AvgIpc) is 2.16. The third-order valence-electron chi connectivity index (χ3n) is 1.85. The Kier molecular flexibility index (Phi) is 3.26. The third kappa shape index (κ3) is 2.24. The highest BCUT2D eigenvalue weighted by molar-refractivity contribution is 6.32. The highest BCUT2D eigenvalue weighted by atomic mass is 35.5. The minimum Gasteiger partial charge on any atom is -0.478 e. The van der Waals surface area contributed by atoms with Gasteiger partial charge in [0.25, 0.3) is 0 Å². The second-order valence-corrected chi connectivity index (χ2v) is 3.14. The number of carboxylic acids is 2. The van der Waals surface area contributed by atoms with Gasteiger partial charge in [-0.1, -0.05) is 18.5 Å². The molecule has 0 saturated carbocycles. The fourth-order valence-electron chi connectivity index (χ4n) is 1.13. The number of nitrogens with zero attached hydrogens (tertiary/aromatic N) is 1. The Hall–Kier alpha value is -1.62. The van der Waals surface area contributed by atoms with E-state index >= 15 is 0 Å². The van der Waals surface area contributed by atoms with Crippen molar-refractivity contribution in [3.05, 3.63) is 28.0 Å². The van der Waals surface area contributed by atoms with E-state index in [1.165, 1.54) is 0 Å². The molecular formula is C9H8ClNO4. The molecule has 0 aliphatic carbocycles. The first kappa shape index (κ1) is 11.5. The molecule has 0 radical (unpaired) electrons. The van der Waals surface area contributed by atoms with Gasteiger partial charge in [-0.15, -0.1) is 0 Å². The summed E-state index contributed by atoms with van der Waals surface area (Å²) in [6, 6.07) is 1.03. The Bertz CT molecular complexity index is 430. The molecule has 2 N–H and O–H groups in total. The molecule has 0 spiro atoms.